The molecular formula is C16H17N5O2S2. The highest BCUT2D eigenvalue weighted by Gasteiger charge is 2.10. The highest BCUT2D eigenvalue weighted by atomic mass is 32.2. The van der Waals surface area contributed by atoms with Crippen molar-refractivity contribution in [3.8, 4) is 5.75 Å². The van der Waals surface area contributed by atoms with Gasteiger partial charge in [-0.3, -0.25) is 9.89 Å². The van der Waals surface area contributed by atoms with Crippen molar-refractivity contribution in [2.45, 2.75) is 25.6 Å². The van der Waals surface area contributed by atoms with E-state index >= 15 is 0 Å². The molecule has 9 heteroatoms. The van der Waals surface area contributed by atoms with Gasteiger partial charge in [-0.05, 0) is 31.5 Å². The number of hydrogen-bond donors (Lipinski definition) is 2. The average molecular weight is 375 g/mol. The lowest BCUT2D eigenvalue weighted by atomic mass is 10.2. The van der Waals surface area contributed by atoms with Gasteiger partial charge in [0.1, 0.15) is 12.4 Å². The Kier molecular flexibility index (Phi) is 5.67. The maximum Gasteiger partial charge on any atom is 0.236 e. The molecule has 2 aromatic heterocycles. The van der Waals surface area contributed by atoms with Crippen LogP contribution in [-0.2, 0) is 11.4 Å². The molecule has 0 saturated heterocycles. The van der Waals surface area contributed by atoms with Crippen molar-refractivity contribution in [3.63, 3.8) is 0 Å². The van der Waals surface area contributed by atoms with Gasteiger partial charge in [0.25, 0.3) is 0 Å². The molecule has 0 saturated carbocycles. The first-order valence-electron chi connectivity index (χ1n) is 7.54. The Labute approximate surface area is 153 Å². The monoisotopic (exact) mass is 375 g/mol. The summed E-state index contributed by atoms with van der Waals surface area (Å²) in [5, 5.41) is 12.6. The summed E-state index contributed by atoms with van der Waals surface area (Å²) in [6.07, 6.45) is 0. The average Bonchev–Trinajstić information content (AvgIpc) is 3.20. The smallest absolute Gasteiger partial charge is 0.236 e. The maximum absolute atomic E-state index is 11.9. The SMILES string of the molecule is Cc1cccc(OCc2nc(SCC(=O)Nc3nc(C)cs3)n[nH]2)c1. The van der Waals surface area contributed by atoms with E-state index in [0.717, 1.165) is 17.0 Å². The van der Waals surface area contributed by atoms with Crippen LogP contribution in [0.3, 0.4) is 0 Å². The van der Waals surface area contributed by atoms with E-state index in [2.05, 4.69) is 25.5 Å². The number of benzene rings is 1. The summed E-state index contributed by atoms with van der Waals surface area (Å²) in [6, 6.07) is 7.80. The summed E-state index contributed by atoms with van der Waals surface area (Å²) in [5.41, 5.74) is 2.02. The number of thioether (sulfide) groups is 1. The lowest BCUT2D eigenvalue weighted by Crippen LogP contribution is -2.13. The molecule has 1 amide bonds. The highest BCUT2D eigenvalue weighted by Crippen LogP contribution is 2.17. The van der Waals surface area contributed by atoms with Crippen LogP contribution in [0.25, 0.3) is 0 Å². The van der Waals surface area contributed by atoms with Crippen LogP contribution in [-0.4, -0.2) is 31.8 Å². The number of hydrogen-bond acceptors (Lipinski definition) is 7. The lowest BCUT2D eigenvalue weighted by Gasteiger charge is -2.04. The van der Waals surface area contributed by atoms with Crippen LogP contribution < -0.4 is 10.1 Å². The number of carbonyl (C=O) groups is 1. The molecule has 0 unspecified atom stereocenters. The maximum atomic E-state index is 11.9. The molecule has 0 aliphatic heterocycles. The molecule has 0 spiro atoms. The number of aryl methyl sites for hydroxylation is 2. The fraction of sp³-hybridized carbons (Fsp3) is 0.250. The molecule has 2 N–H and O–H groups in total. The van der Waals surface area contributed by atoms with Crippen LogP contribution in [0.5, 0.6) is 5.75 Å². The molecule has 0 fully saturated rings. The Balaban J connectivity index is 1.45. The first-order valence-corrected chi connectivity index (χ1v) is 9.40. The standard InChI is InChI=1S/C16H17N5O2S2/c1-10-4-3-5-12(6-10)23-7-13-18-16(21-20-13)25-9-14(22)19-15-17-11(2)8-24-15/h3-6,8H,7,9H2,1-2H3,(H,17,19,22)(H,18,20,21). The second-order valence-electron chi connectivity index (χ2n) is 5.30. The van der Waals surface area contributed by atoms with Gasteiger partial charge in [-0.15, -0.1) is 16.4 Å². The fourth-order valence-electron chi connectivity index (χ4n) is 1.96. The Hall–Kier alpha value is -2.39. The van der Waals surface area contributed by atoms with E-state index in [1.165, 1.54) is 23.1 Å². The van der Waals surface area contributed by atoms with E-state index in [-0.39, 0.29) is 11.7 Å². The number of carbonyl (C=O) groups excluding carboxylic acids is 1. The first-order chi connectivity index (χ1) is 12.1. The largest absolute Gasteiger partial charge is 0.486 e. The van der Waals surface area contributed by atoms with Crippen LogP contribution in [0.4, 0.5) is 5.13 Å². The van der Waals surface area contributed by atoms with E-state index in [9.17, 15) is 4.79 Å². The van der Waals surface area contributed by atoms with Gasteiger partial charge in [0, 0.05) is 5.38 Å². The van der Waals surface area contributed by atoms with Crippen molar-refractivity contribution in [2.24, 2.45) is 0 Å². The van der Waals surface area contributed by atoms with E-state index in [1.54, 1.807) is 0 Å². The van der Waals surface area contributed by atoms with Crippen LogP contribution in [0.15, 0.2) is 34.8 Å². The van der Waals surface area contributed by atoms with Crippen LogP contribution in [0.1, 0.15) is 17.1 Å². The molecule has 7 nitrogen and oxygen atoms in total. The normalized spacial score (nSPS) is 10.6. The third-order valence-electron chi connectivity index (χ3n) is 3.07. The molecular weight excluding hydrogens is 358 g/mol. The van der Waals surface area contributed by atoms with Crippen molar-refractivity contribution in [2.75, 3.05) is 11.1 Å². The van der Waals surface area contributed by atoms with Crippen molar-refractivity contribution in [1.29, 1.82) is 0 Å². The van der Waals surface area contributed by atoms with E-state index in [0.29, 0.717) is 22.7 Å². The molecule has 3 rings (SSSR count). The Morgan fingerprint density at radius 1 is 1.36 bits per heavy atom. The third-order valence-corrected chi connectivity index (χ3v) is 4.80. The van der Waals surface area contributed by atoms with E-state index < -0.39 is 0 Å². The predicted octanol–water partition coefficient (Wildman–Crippen LogP) is 3.19. The van der Waals surface area contributed by atoms with Crippen LogP contribution in [0.2, 0.25) is 0 Å². The van der Waals surface area contributed by atoms with E-state index in [1.807, 2.05) is 43.5 Å². The summed E-state index contributed by atoms with van der Waals surface area (Å²) < 4.78 is 5.66. The second-order valence-corrected chi connectivity index (χ2v) is 7.10. The number of rotatable bonds is 7. The molecule has 25 heavy (non-hydrogen) atoms. The van der Waals surface area contributed by atoms with Gasteiger partial charge in [-0.1, -0.05) is 23.9 Å². The Bertz CT molecular complexity index is 862. The van der Waals surface area contributed by atoms with Gasteiger partial charge in [0.05, 0.1) is 11.4 Å². The number of thiazole rings is 1. The van der Waals surface area contributed by atoms with Crippen molar-refractivity contribution >= 4 is 34.1 Å². The molecule has 0 atom stereocenters. The van der Waals surface area contributed by atoms with Crippen molar-refractivity contribution < 1.29 is 9.53 Å². The Morgan fingerprint density at radius 2 is 2.24 bits per heavy atom. The first kappa shape index (κ1) is 17.4. The Morgan fingerprint density at radius 3 is 3.00 bits per heavy atom. The van der Waals surface area contributed by atoms with Gasteiger partial charge in [0.2, 0.25) is 11.1 Å². The molecule has 0 aliphatic rings. The van der Waals surface area contributed by atoms with Crippen LogP contribution >= 0.6 is 23.1 Å². The molecule has 0 radical (unpaired) electrons. The summed E-state index contributed by atoms with van der Waals surface area (Å²) >= 11 is 2.66. The summed E-state index contributed by atoms with van der Waals surface area (Å²) in [6.45, 7) is 4.19. The molecule has 3 aromatic rings. The molecule has 130 valence electrons. The second kappa shape index (κ2) is 8.13. The number of aromatic nitrogens is 4. The molecule has 0 bridgehead atoms. The van der Waals surface area contributed by atoms with Gasteiger partial charge >= 0.3 is 0 Å². The van der Waals surface area contributed by atoms with Crippen molar-refractivity contribution in [3.05, 3.63) is 46.7 Å². The molecule has 2 heterocycles. The van der Waals surface area contributed by atoms with Gasteiger partial charge in [-0.25, -0.2) is 9.97 Å². The minimum absolute atomic E-state index is 0.137. The zero-order chi connectivity index (χ0) is 17.6. The fourth-order valence-corrected chi connectivity index (χ4v) is 3.28. The summed E-state index contributed by atoms with van der Waals surface area (Å²) in [5.74, 6) is 1.47. The zero-order valence-corrected chi connectivity index (χ0v) is 15.4. The number of ether oxygens (including phenoxy) is 1. The zero-order valence-electron chi connectivity index (χ0n) is 13.8. The number of H-pyrrole nitrogens is 1. The highest BCUT2D eigenvalue weighted by molar-refractivity contribution is 7.99. The number of aromatic amines is 1. The minimum atomic E-state index is -0.137. The topological polar surface area (TPSA) is 92.8 Å². The predicted molar refractivity (Wildman–Crippen MR) is 98.1 cm³/mol. The summed E-state index contributed by atoms with van der Waals surface area (Å²) in [7, 11) is 0. The van der Waals surface area contributed by atoms with E-state index in [4.69, 9.17) is 4.74 Å². The number of nitrogens with one attached hydrogen (secondary N) is 2. The van der Waals surface area contributed by atoms with Crippen LogP contribution in [0, 0.1) is 13.8 Å². The van der Waals surface area contributed by atoms with Crippen molar-refractivity contribution in [1.82, 2.24) is 20.2 Å². The molecule has 1 aromatic carbocycles. The third kappa shape index (κ3) is 5.30. The van der Waals surface area contributed by atoms with Gasteiger partial charge in [0.15, 0.2) is 11.0 Å². The molecule has 0 aliphatic carbocycles. The van der Waals surface area contributed by atoms with Gasteiger partial charge < -0.3 is 10.1 Å². The summed E-state index contributed by atoms with van der Waals surface area (Å²) in [4.78, 5) is 20.4. The number of nitrogens with zero attached hydrogens (tertiary/aromatic N) is 3. The number of anilines is 1. The minimum Gasteiger partial charge on any atom is -0.486 e. The number of amides is 1. The quantitative estimate of drug-likeness (QED) is 0.616. The van der Waals surface area contributed by atoms with Gasteiger partial charge in [-0.2, -0.15) is 0 Å². The lowest BCUT2D eigenvalue weighted by molar-refractivity contribution is -0.113.